The molecule has 0 aromatic heterocycles. The molecule has 1 saturated heterocycles. The Kier molecular flexibility index (Phi) is 3.59. The fourth-order valence-electron chi connectivity index (χ4n) is 1.71. The van der Waals surface area contributed by atoms with Crippen LogP contribution < -0.4 is 0 Å². The summed E-state index contributed by atoms with van der Waals surface area (Å²) in [6.07, 6.45) is -2.71. The molecule has 0 spiro atoms. The Hall–Kier alpha value is -0.250. The van der Waals surface area contributed by atoms with Crippen molar-refractivity contribution in [1.82, 2.24) is 4.90 Å². The highest BCUT2D eigenvalue weighted by atomic mass is 19.4. The summed E-state index contributed by atoms with van der Waals surface area (Å²) < 4.78 is 36.7. The zero-order chi connectivity index (χ0) is 9.90. The molecule has 0 aromatic carbocycles. The van der Waals surface area contributed by atoms with Crippen molar-refractivity contribution in [2.24, 2.45) is 5.92 Å². The van der Waals surface area contributed by atoms with Crippen LogP contribution in [-0.2, 0) is 0 Å². The molecular weight excluding hydrogens is 179 g/mol. The molecular formula is C9H15F3N. The van der Waals surface area contributed by atoms with E-state index in [1.807, 2.05) is 0 Å². The second-order valence-electron chi connectivity index (χ2n) is 3.51. The first kappa shape index (κ1) is 10.8. The molecule has 13 heavy (non-hydrogen) atoms. The van der Waals surface area contributed by atoms with Gasteiger partial charge in [0.15, 0.2) is 0 Å². The van der Waals surface area contributed by atoms with E-state index in [2.05, 4.69) is 11.8 Å². The molecule has 1 heterocycles. The lowest BCUT2D eigenvalue weighted by Crippen LogP contribution is -2.39. The SMILES string of the molecule is [CH2]CCN1CCC(C(F)(F)F)CC1. The fourth-order valence-corrected chi connectivity index (χ4v) is 1.71. The maximum atomic E-state index is 12.2. The number of rotatable bonds is 2. The van der Waals surface area contributed by atoms with Gasteiger partial charge in [0.1, 0.15) is 0 Å². The van der Waals surface area contributed by atoms with Gasteiger partial charge in [-0.15, -0.1) is 0 Å². The van der Waals surface area contributed by atoms with Crippen LogP contribution in [0.25, 0.3) is 0 Å². The van der Waals surface area contributed by atoms with Gasteiger partial charge in [0.2, 0.25) is 0 Å². The summed E-state index contributed by atoms with van der Waals surface area (Å²) in [5.74, 6) is -1.08. The number of halogens is 3. The summed E-state index contributed by atoms with van der Waals surface area (Å²) in [6.45, 7) is 5.65. The first-order chi connectivity index (χ1) is 6.04. The lowest BCUT2D eigenvalue weighted by Gasteiger charge is -2.32. The van der Waals surface area contributed by atoms with Crippen molar-refractivity contribution in [1.29, 1.82) is 0 Å². The Balaban J connectivity index is 2.30. The molecule has 0 N–H and O–H groups in total. The zero-order valence-electron chi connectivity index (χ0n) is 7.61. The van der Waals surface area contributed by atoms with Crippen LogP contribution in [0.15, 0.2) is 0 Å². The number of nitrogens with zero attached hydrogens (tertiary/aromatic N) is 1. The lowest BCUT2D eigenvalue weighted by molar-refractivity contribution is -0.184. The van der Waals surface area contributed by atoms with Crippen molar-refractivity contribution in [2.45, 2.75) is 25.4 Å². The van der Waals surface area contributed by atoms with Crippen molar-refractivity contribution in [3.05, 3.63) is 6.92 Å². The predicted molar refractivity (Wildman–Crippen MR) is 45.2 cm³/mol. The second kappa shape index (κ2) is 4.31. The minimum absolute atomic E-state index is 0.253. The highest BCUT2D eigenvalue weighted by Crippen LogP contribution is 2.33. The van der Waals surface area contributed by atoms with Gasteiger partial charge in [-0.3, -0.25) is 0 Å². The van der Waals surface area contributed by atoms with Crippen LogP contribution in [0.3, 0.4) is 0 Å². The van der Waals surface area contributed by atoms with Crippen molar-refractivity contribution >= 4 is 0 Å². The van der Waals surface area contributed by atoms with E-state index >= 15 is 0 Å². The standard InChI is InChI=1S/C9H15F3N/c1-2-5-13-6-3-8(4-7-13)9(10,11)12/h8H,1-7H2. The normalized spacial score (nSPS) is 22.2. The summed E-state index contributed by atoms with van der Waals surface area (Å²) >= 11 is 0. The fraction of sp³-hybridized carbons (Fsp3) is 0.889. The number of hydrogen-bond acceptors (Lipinski definition) is 1. The van der Waals surface area contributed by atoms with Crippen molar-refractivity contribution in [3.8, 4) is 0 Å². The first-order valence-corrected chi connectivity index (χ1v) is 4.62. The molecule has 77 valence electrons. The molecule has 0 unspecified atom stereocenters. The first-order valence-electron chi connectivity index (χ1n) is 4.62. The van der Waals surface area contributed by atoms with Gasteiger partial charge in [0.25, 0.3) is 0 Å². The highest BCUT2D eigenvalue weighted by molar-refractivity contribution is 4.76. The van der Waals surface area contributed by atoms with Gasteiger partial charge in [-0.05, 0) is 38.9 Å². The molecule has 0 atom stereocenters. The molecule has 4 heteroatoms. The molecule has 1 aliphatic rings. The third-order valence-electron chi connectivity index (χ3n) is 2.52. The van der Waals surface area contributed by atoms with E-state index in [0.29, 0.717) is 13.1 Å². The molecule has 0 aromatic rings. The molecule has 1 rings (SSSR count). The van der Waals surface area contributed by atoms with Gasteiger partial charge in [0, 0.05) is 0 Å². The average Bonchev–Trinajstić information content (AvgIpc) is 2.04. The molecule has 1 aliphatic heterocycles. The van der Waals surface area contributed by atoms with Gasteiger partial charge in [-0.1, -0.05) is 6.92 Å². The van der Waals surface area contributed by atoms with Gasteiger partial charge >= 0.3 is 6.18 Å². The number of likely N-dealkylation sites (tertiary alicyclic amines) is 1. The molecule has 0 amide bonds. The zero-order valence-corrected chi connectivity index (χ0v) is 7.61. The van der Waals surface area contributed by atoms with Crippen LogP contribution >= 0.6 is 0 Å². The van der Waals surface area contributed by atoms with Crippen LogP contribution in [0.1, 0.15) is 19.3 Å². The number of piperidine rings is 1. The Morgan fingerprint density at radius 3 is 2.15 bits per heavy atom. The van der Waals surface area contributed by atoms with Gasteiger partial charge in [-0.2, -0.15) is 13.2 Å². The summed E-state index contributed by atoms with van der Waals surface area (Å²) in [5, 5.41) is 0. The van der Waals surface area contributed by atoms with E-state index in [9.17, 15) is 13.2 Å². The van der Waals surface area contributed by atoms with Crippen LogP contribution in [0.2, 0.25) is 0 Å². The molecule has 1 fully saturated rings. The summed E-state index contributed by atoms with van der Waals surface area (Å²) in [5.41, 5.74) is 0. The molecule has 0 aliphatic carbocycles. The van der Waals surface area contributed by atoms with Crippen LogP contribution in [-0.4, -0.2) is 30.7 Å². The van der Waals surface area contributed by atoms with E-state index in [1.165, 1.54) is 0 Å². The number of alkyl halides is 3. The quantitative estimate of drug-likeness (QED) is 0.652. The molecule has 1 radical (unpaired) electrons. The van der Waals surface area contributed by atoms with E-state index in [0.717, 1.165) is 13.0 Å². The number of hydrogen-bond donors (Lipinski definition) is 0. The Bertz CT molecular complexity index is 147. The van der Waals surface area contributed by atoms with E-state index in [4.69, 9.17) is 0 Å². The van der Waals surface area contributed by atoms with Gasteiger partial charge < -0.3 is 4.90 Å². The minimum atomic E-state index is -3.99. The largest absolute Gasteiger partial charge is 0.391 e. The third-order valence-corrected chi connectivity index (χ3v) is 2.52. The van der Waals surface area contributed by atoms with Crippen molar-refractivity contribution in [3.63, 3.8) is 0 Å². The second-order valence-corrected chi connectivity index (χ2v) is 3.51. The Morgan fingerprint density at radius 1 is 1.23 bits per heavy atom. The molecule has 0 bridgehead atoms. The topological polar surface area (TPSA) is 3.24 Å². The highest BCUT2D eigenvalue weighted by Gasteiger charge is 2.40. The third kappa shape index (κ3) is 3.18. The predicted octanol–water partition coefficient (Wildman–Crippen LogP) is 2.48. The molecule has 1 nitrogen and oxygen atoms in total. The maximum absolute atomic E-state index is 12.2. The van der Waals surface area contributed by atoms with E-state index in [1.54, 1.807) is 0 Å². The van der Waals surface area contributed by atoms with E-state index in [-0.39, 0.29) is 12.8 Å². The summed E-state index contributed by atoms with van der Waals surface area (Å²) in [7, 11) is 0. The van der Waals surface area contributed by atoms with E-state index < -0.39 is 12.1 Å². The Morgan fingerprint density at radius 2 is 1.77 bits per heavy atom. The summed E-state index contributed by atoms with van der Waals surface area (Å²) in [6, 6.07) is 0. The average molecular weight is 194 g/mol. The monoisotopic (exact) mass is 194 g/mol. The maximum Gasteiger partial charge on any atom is 0.391 e. The lowest BCUT2D eigenvalue weighted by atomic mass is 9.96. The minimum Gasteiger partial charge on any atom is -0.303 e. The molecule has 0 saturated carbocycles. The van der Waals surface area contributed by atoms with Crippen molar-refractivity contribution in [2.75, 3.05) is 19.6 Å². The van der Waals surface area contributed by atoms with Crippen LogP contribution in [0.4, 0.5) is 13.2 Å². The van der Waals surface area contributed by atoms with Gasteiger partial charge in [0.05, 0.1) is 5.92 Å². The summed E-state index contributed by atoms with van der Waals surface area (Å²) in [4.78, 5) is 2.05. The van der Waals surface area contributed by atoms with Crippen molar-refractivity contribution < 1.29 is 13.2 Å². The van der Waals surface area contributed by atoms with Gasteiger partial charge in [-0.25, -0.2) is 0 Å². The smallest absolute Gasteiger partial charge is 0.303 e. The van der Waals surface area contributed by atoms with Crippen LogP contribution in [0, 0.1) is 12.8 Å². The Labute approximate surface area is 76.9 Å². The van der Waals surface area contributed by atoms with Crippen LogP contribution in [0.5, 0.6) is 0 Å².